The summed E-state index contributed by atoms with van der Waals surface area (Å²) in [6, 6.07) is 8.73. The molecule has 1 aromatic heterocycles. The molecule has 0 N–H and O–H groups in total. The van der Waals surface area contributed by atoms with Crippen molar-refractivity contribution in [1.82, 2.24) is 9.78 Å². The third-order valence-electron chi connectivity index (χ3n) is 2.65. The number of benzene rings is 1. The van der Waals surface area contributed by atoms with Crippen molar-refractivity contribution in [3.63, 3.8) is 0 Å². The van der Waals surface area contributed by atoms with Crippen LogP contribution in [0.25, 0.3) is 0 Å². The summed E-state index contributed by atoms with van der Waals surface area (Å²) >= 11 is 0. The number of halogens is 1. The van der Waals surface area contributed by atoms with Crippen molar-refractivity contribution in [1.29, 1.82) is 0 Å². The molecule has 0 amide bonds. The fourth-order valence-electron chi connectivity index (χ4n) is 1.63. The maximum Gasteiger partial charge on any atom is 0.266 e. The number of ether oxygens (including phenoxy) is 2. The van der Waals surface area contributed by atoms with Crippen LogP contribution in [-0.4, -0.2) is 23.5 Å². The standard InChI is InChI=1S/C14H15FN2O3/c1-19-13-7-8-14(18)17(16-13)9-2-10-20-12-5-3-11(15)4-6-12/h3-8H,2,9-10H2,1H3. The summed E-state index contributed by atoms with van der Waals surface area (Å²) in [5.74, 6) is 0.686. The van der Waals surface area contributed by atoms with Crippen molar-refractivity contribution in [2.75, 3.05) is 13.7 Å². The fraction of sp³-hybridized carbons (Fsp3) is 0.286. The van der Waals surface area contributed by atoms with Crippen molar-refractivity contribution in [3.05, 3.63) is 52.6 Å². The zero-order valence-electron chi connectivity index (χ0n) is 11.1. The van der Waals surface area contributed by atoms with E-state index >= 15 is 0 Å². The number of nitrogens with zero attached hydrogens (tertiary/aromatic N) is 2. The lowest BCUT2D eigenvalue weighted by Gasteiger charge is -2.08. The van der Waals surface area contributed by atoms with Gasteiger partial charge in [-0.1, -0.05) is 0 Å². The molecule has 20 heavy (non-hydrogen) atoms. The molecular formula is C14H15FN2O3. The predicted octanol–water partition coefficient (Wildman–Crippen LogP) is 1.86. The average Bonchev–Trinajstić information content (AvgIpc) is 2.47. The van der Waals surface area contributed by atoms with E-state index in [1.54, 1.807) is 12.1 Å². The molecule has 0 saturated carbocycles. The molecule has 0 saturated heterocycles. The second-order valence-corrected chi connectivity index (χ2v) is 4.09. The smallest absolute Gasteiger partial charge is 0.266 e. The second-order valence-electron chi connectivity index (χ2n) is 4.09. The van der Waals surface area contributed by atoms with Crippen LogP contribution in [0.5, 0.6) is 11.6 Å². The van der Waals surface area contributed by atoms with Gasteiger partial charge in [0.2, 0.25) is 5.88 Å². The van der Waals surface area contributed by atoms with E-state index in [4.69, 9.17) is 9.47 Å². The quantitative estimate of drug-likeness (QED) is 0.757. The number of aromatic nitrogens is 2. The van der Waals surface area contributed by atoms with Gasteiger partial charge in [0, 0.05) is 25.1 Å². The van der Waals surface area contributed by atoms with Crippen LogP contribution < -0.4 is 15.0 Å². The van der Waals surface area contributed by atoms with Crippen LogP contribution in [0.2, 0.25) is 0 Å². The second kappa shape index (κ2) is 6.70. The number of hydrogen-bond donors (Lipinski definition) is 0. The summed E-state index contributed by atoms with van der Waals surface area (Å²) in [5.41, 5.74) is -0.187. The summed E-state index contributed by atoms with van der Waals surface area (Å²) in [7, 11) is 1.49. The van der Waals surface area contributed by atoms with Crippen LogP contribution in [0.3, 0.4) is 0 Å². The third kappa shape index (κ3) is 3.81. The van der Waals surface area contributed by atoms with Gasteiger partial charge in [-0.2, -0.15) is 0 Å². The normalized spacial score (nSPS) is 10.3. The van der Waals surface area contributed by atoms with Gasteiger partial charge in [-0.3, -0.25) is 4.79 Å². The van der Waals surface area contributed by atoms with E-state index in [9.17, 15) is 9.18 Å². The van der Waals surface area contributed by atoms with Crippen LogP contribution >= 0.6 is 0 Å². The Hall–Kier alpha value is -2.37. The van der Waals surface area contributed by atoms with Crippen LogP contribution in [0.1, 0.15) is 6.42 Å². The summed E-state index contributed by atoms with van der Waals surface area (Å²) in [6.45, 7) is 0.841. The molecule has 0 aliphatic heterocycles. The first kappa shape index (κ1) is 14.0. The molecule has 0 spiro atoms. The average molecular weight is 278 g/mol. The lowest BCUT2D eigenvalue weighted by atomic mass is 10.3. The van der Waals surface area contributed by atoms with E-state index in [1.165, 1.54) is 36.1 Å². The molecule has 1 aromatic carbocycles. The molecule has 6 heteroatoms. The summed E-state index contributed by atoms with van der Waals surface area (Å²) in [6.07, 6.45) is 0.609. The van der Waals surface area contributed by atoms with Gasteiger partial charge in [-0.25, -0.2) is 9.07 Å². The fourth-order valence-corrected chi connectivity index (χ4v) is 1.63. The van der Waals surface area contributed by atoms with Gasteiger partial charge < -0.3 is 9.47 Å². The Labute approximate surface area is 115 Å². The highest BCUT2D eigenvalue weighted by Gasteiger charge is 2.01. The molecule has 106 valence electrons. The number of hydrogen-bond acceptors (Lipinski definition) is 4. The van der Waals surface area contributed by atoms with E-state index in [0.717, 1.165) is 0 Å². The van der Waals surface area contributed by atoms with Crippen LogP contribution in [0.15, 0.2) is 41.2 Å². The third-order valence-corrected chi connectivity index (χ3v) is 2.65. The van der Waals surface area contributed by atoms with Crippen LogP contribution in [0.4, 0.5) is 4.39 Å². The van der Waals surface area contributed by atoms with Gasteiger partial charge in [0.1, 0.15) is 11.6 Å². The Bertz CT molecular complexity index is 611. The Morgan fingerprint density at radius 1 is 1.20 bits per heavy atom. The Kier molecular flexibility index (Phi) is 4.70. The summed E-state index contributed by atoms with van der Waals surface area (Å²) in [4.78, 5) is 11.6. The molecule has 2 rings (SSSR count). The molecule has 0 atom stereocenters. The lowest BCUT2D eigenvalue weighted by molar-refractivity contribution is 0.293. The molecule has 0 radical (unpaired) electrons. The van der Waals surface area contributed by atoms with E-state index in [0.29, 0.717) is 31.2 Å². The Morgan fingerprint density at radius 3 is 2.65 bits per heavy atom. The number of methoxy groups -OCH3 is 1. The number of rotatable bonds is 6. The van der Waals surface area contributed by atoms with Gasteiger partial charge in [-0.15, -0.1) is 5.10 Å². The summed E-state index contributed by atoms with van der Waals surface area (Å²) < 4.78 is 24.4. The predicted molar refractivity (Wildman–Crippen MR) is 71.6 cm³/mol. The van der Waals surface area contributed by atoms with E-state index in [1.807, 2.05) is 0 Å². The minimum absolute atomic E-state index is 0.187. The Morgan fingerprint density at radius 2 is 1.95 bits per heavy atom. The molecule has 0 unspecified atom stereocenters. The van der Waals surface area contributed by atoms with Crippen molar-refractivity contribution in [3.8, 4) is 11.6 Å². The molecule has 0 aliphatic rings. The van der Waals surface area contributed by atoms with Crippen LogP contribution in [0, 0.1) is 5.82 Å². The Balaban J connectivity index is 1.84. The molecule has 2 aromatic rings. The molecule has 5 nitrogen and oxygen atoms in total. The summed E-state index contributed by atoms with van der Waals surface area (Å²) in [5, 5.41) is 4.02. The SMILES string of the molecule is COc1ccc(=O)n(CCCOc2ccc(F)cc2)n1. The molecule has 0 bridgehead atoms. The van der Waals surface area contributed by atoms with Gasteiger partial charge in [0.05, 0.1) is 13.7 Å². The maximum atomic E-state index is 12.7. The highest BCUT2D eigenvalue weighted by Crippen LogP contribution is 2.11. The zero-order chi connectivity index (χ0) is 14.4. The minimum atomic E-state index is -0.301. The molecule has 0 fully saturated rings. The van der Waals surface area contributed by atoms with Crippen molar-refractivity contribution in [2.24, 2.45) is 0 Å². The highest BCUT2D eigenvalue weighted by atomic mass is 19.1. The first-order chi connectivity index (χ1) is 9.69. The zero-order valence-corrected chi connectivity index (χ0v) is 11.1. The highest BCUT2D eigenvalue weighted by molar-refractivity contribution is 5.21. The van der Waals surface area contributed by atoms with Gasteiger partial charge in [0.25, 0.3) is 5.56 Å². The molecule has 1 heterocycles. The molecular weight excluding hydrogens is 263 g/mol. The number of aryl methyl sites for hydroxylation is 1. The van der Waals surface area contributed by atoms with Crippen molar-refractivity contribution < 1.29 is 13.9 Å². The van der Waals surface area contributed by atoms with Crippen LogP contribution in [-0.2, 0) is 6.54 Å². The van der Waals surface area contributed by atoms with E-state index < -0.39 is 0 Å². The van der Waals surface area contributed by atoms with E-state index in [2.05, 4.69) is 5.10 Å². The lowest BCUT2D eigenvalue weighted by Crippen LogP contribution is -2.23. The maximum absolute atomic E-state index is 12.7. The van der Waals surface area contributed by atoms with Gasteiger partial charge in [0.15, 0.2) is 0 Å². The minimum Gasteiger partial charge on any atom is -0.494 e. The van der Waals surface area contributed by atoms with E-state index in [-0.39, 0.29) is 11.4 Å². The van der Waals surface area contributed by atoms with Gasteiger partial charge >= 0.3 is 0 Å². The van der Waals surface area contributed by atoms with Crippen molar-refractivity contribution >= 4 is 0 Å². The monoisotopic (exact) mass is 278 g/mol. The largest absolute Gasteiger partial charge is 0.494 e. The molecule has 0 aliphatic carbocycles. The topological polar surface area (TPSA) is 53.4 Å². The first-order valence-corrected chi connectivity index (χ1v) is 6.19. The first-order valence-electron chi connectivity index (χ1n) is 6.19. The van der Waals surface area contributed by atoms with Gasteiger partial charge in [-0.05, 0) is 24.3 Å². The van der Waals surface area contributed by atoms with Crippen molar-refractivity contribution in [2.45, 2.75) is 13.0 Å².